The number of fused-ring (bicyclic) bond motifs is 7. The first kappa shape index (κ1) is 13.9. The fourth-order valence-electron chi connectivity index (χ4n) is 5.04. The van der Waals surface area contributed by atoms with Crippen LogP contribution in [0.5, 0.6) is 0 Å². The summed E-state index contributed by atoms with van der Waals surface area (Å²) in [6.07, 6.45) is 1.53. The molecule has 0 spiro atoms. The zero-order valence-electron chi connectivity index (χ0n) is 13.7. The molecule has 24 heavy (non-hydrogen) atoms. The third kappa shape index (κ3) is 1.38. The van der Waals surface area contributed by atoms with Crippen molar-refractivity contribution in [2.45, 2.75) is 38.0 Å². The lowest BCUT2D eigenvalue weighted by Crippen LogP contribution is -2.43. The maximum Gasteiger partial charge on any atom is 0.316 e. The lowest BCUT2D eigenvalue weighted by molar-refractivity contribution is -0.147. The van der Waals surface area contributed by atoms with E-state index in [0.29, 0.717) is 12.1 Å². The third-order valence-corrected chi connectivity index (χ3v) is 6.44. The Hall–Kier alpha value is -2.49. The van der Waals surface area contributed by atoms with E-state index in [2.05, 4.69) is 26.0 Å². The molecule has 0 radical (unpaired) electrons. The molecule has 2 unspecified atom stereocenters. The van der Waals surface area contributed by atoms with Gasteiger partial charge in [0.15, 0.2) is 0 Å². The second-order valence-corrected chi connectivity index (χ2v) is 7.67. The highest BCUT2D eigenvalue weighted by Gasteiger charge is 2.68. The van der Waals surface area contributed by atoms with E-state index in [0.717, 1.165) is 33.9 Å². The number of hydrogen-bond donors (Lipinski definition) is 1. The Morgan fingerprint density at radius 3 is 2.38 bits per heavy atom. The number of carbonyl (C=O) groups is 1. The van der Waals surface area contributed by atoms with Crippen LogP contribution in [0.2, 0.25) is 0 Å². The topological polar surface area (TPSA) is 63.1 Å². The Labute approximate surface area is 139 Å². The predicted molar refractivity (Wildman–Crippen MR) is 92.1 cm³/mol. The average molecular weight is 318 g/mol. The molecule has 3 aromatic rings. The number of carboxylic acids is 1. The van der Waals surface area contributed by atoms with Gasteiger partial charge in [0.1, 0.15) is 5.41 Å². The van der Waals surface area contributed by atoms with Crippen molar-refractivity contribution in [2.75, 3.05) is 0 Å². The zero-order chi connectivity index (χ0) is 16.7. The summed E-state index contributed by atoms with van der Waals surface area (Å²) in [5.41, 5.74) is 1.99. The van der Waals surface area contributed by atoms with Crippen molar-refractivity contribution in [1.82, 2.24) is 9.97 Å². The molecule has 0 saturated heterocycles. The Bertz CT molecular complexity index is 1040. The average Bonchev–Trinajstić information content (AvgIpc) is 2.93. The summed E-state index contributed by atoms with van der Waals surface area (Å²) in [7, 11) is 0. The summed E-state index contributed by atoms with van der Waals surface area (Å²) in [6.45, 7) is 4.12. The molecule has 4 heteroatoms. The van der Waals surface area contributed by atoms with E-state index in [1.165, 1.54) is 0 Å². The summed E-state index contributed by atoms with van der Waals surface area (Å²) < 4.78 is 0. The van der Waals surface area contributed by atoms with E-state index in [1.54, 1.807) is 0 Å². The van der Waals surface area contributed by atoms with Gasteiger partial charge in [-0.05, 0) is 41.2 Å². The van der Waals surface area contributed by atoms with Gasteiger partial charge in [0.05, 0.1) is 22.4 Å². The molecule has 1 aromatic heterocycles. The lowest BCUT2D eigenvalue weighted by Gasteiger charge is -2.33. The van der Waals surface area contributed by atoms with E-state index < -0.39 is 11.4 Å². The first-order chi connectivity index (χ1) is 11.4. The van der Waals surface area contributed by atoms with E-state index in [1.807, 2.05) is 24.3 Å². The SMILES string of the molecule is CC1(C)C2CCC1(C(=O)O)c1nc3cc4ccccc4cc3nc12. The number of carboxylic acid groups (broad SMARTS) is 1. The first-order valence-electron chi connectivity index (χ1n) is 8.39. The van der Waals surface area contributed by atoms with E-state index in [9.17, 15) is 9.90 Å². The van der Waals surface area contributed by atoms with Crippen LogP contribution < -0.4 is 0 Å². The van der Waals surface area contributed by atoms with Crippen LogP contribution in [-0.4, -0.2) is 21.0 Å². The Kier molecular flexibility index (Phi) is 2.39. The zero-order valence-corrected chi connectivity index (χ0v) is 13.7. The van der Waals surface area contributed by atoms with Gasteiger partial charge in [0, 0.05) is 5.92 Å². The molecule has 1 heterocycles. The molecule has 120 valence electrons. The molecule has 2 bridgehead atoms. The predicted octanol–water partition coefficient (Wildman–Crippen LogP) is 4.02. The van der Waals surface area contributed by atoms with Gasteiger partial charge in [-0.2, -0.15) is 0 Å². The molecule has 2 atom stereocenters. The number of hydrogen-bond acceptors (Lipinski definition) is 3. The maximum atomic E-state index is 12.2. The number of benzene rings is 2. The van der Waals surface area contributed by atoms with Crippen molar-refractivity contribution in [1.29, 1.82) is 0 Å². The van der Waals surface area contributed by atoms with Crippen molar-refractivity contribution in [3.05, 3.63) is 47.8 Å². The molecule has 2 aromatic carbocycles. The molecule has 1 saturated carbocycles. The van der Waals surface area contributed by atoms with Gasteiger partial charge in [0.2, 0.25) is 0 Å². The molecular weight excluding hydrogens is 300 g/mol. The van der Waals surface area contributed by atoms with E-state index >= 15 is 0 Å². The molecule has 1 fully saturated rings. The van der Waals surface area contributed by atoms with E-state index in [4.69, 9.17) is 9.97 Å². The molecule has 5 rings (SSSR count). The van der Waals surface area contributed by atoms with Crippen LogP contribution >= 0.6 is 0 Å². The van der Waals surface area contributed by atoms with Crippen LogP contribution in [0.25, 0.3) is 21.8 Å². The van der Waals surface area contributed by atoms with Crippen LogP contribution in [0.15, 0.2) is 36.4 Å². The molecule has 2 aliphatic rings. The largest absolute Gasteiger partial charge is 0.481 e. The highest BCUT2D eigenvalue weighted by molar-refractivity contribution is 5.95. The molecule has 0 aliphatic heterocycles. The van der Waals surface area contributed by atoms with Gasteiger partial charge in [-0.25, -0.2) is 9.97 Å². The van der Waals surface area contributed by atoms with Crippen LogP contribution in [0.1, 0.15) is 44.0 Å². The summed E-state index contributed by atoms with van der Waals surface area (Å²) in [4.78, 5) is 22.0. The highest BCUT2D eigenvalue weighted by atomic mass is 16.4. The molecule has 4 nitrogen and oxygen atoms in total. The Balaban J connectivity index is 1.87. The van der Waals surface area contributed by atoms with Gasteiger partial charge < -0.3 is 5.11 Å². The normalized spacial score (nSPS) is 26.8. The quantitative estimate of drug-likeness (QED) is 0.688. The van der Waals surface area contributed by atoms with Gasteiger partial charge >= 0.3 is 5.97 Å². The number of rotatable bonds is 1. The monoisotopic (exact) mass is 318 g/mol. The lowest BCUT2D eigenvalue weighted by atomic mass is 9.68. The van der Waals surface area contributed by atoms with Crippen LogP contribution in [0.4, 0.5) is 0 Å². The molecule has 1 N–H and O–H groups in total. The molecule has 0 amide bonds. The van der Waals surface area contributed by atoms with Crippen LogP contribution in [-0.2, 0) is 10.2 Å². The van der Waals surface area contributed by atoms with Gasteiger partial charge in [-0.3, -0.25) is 4.79 Å². The number of nitrogens with zero attached hydrogens (tertiary/aromatic N) is 2. The Morgan fingerprint density at radius 1 is 1.12 bits per heavy atom. The van der Waals surface area contributed by atoms with Crippen molar-refractivity contribution >= 4 is 27.8 Å². The minimum absolute atomic E-state index is 0.173. The summed E-state index contributed by atoms with van der Waals surface area (Å²) in [6, 6.07) is 12.2. The minimum atomic E-state index is -0.903. The standard InChI is InChI=1S/C20H18N2O2/c1-19(2)13-7-8-20(19,18(23)24)17-16(13)21-14-9-11-5-3-4-6-12(11)10-15(14)22-17/h3-6,9-10,13H,7-8H2,1-2H3,(H,23,24). The third-order valence-electron chi connectivity index (χ3n) is 6.44. The summed E-state index contributed by atoms with van der Waals surface area (Å²) in [5, 5.41) is 12.3. The van der Waals surface area contributed by atoms with Gasteiger partial charge in [-0.15, -0.1) is 0 Å². The van der Waals surface area contributed by atoms with Crippen LogP contribution in [0.3, 0.4) is 0 Å². The van der Waals surface area contributed by atoms with Crippen molar-refractivity contribution in [3.8, 4) is 0 Å². The van der Waals surface area contributed by atoms with Gasteiger partial charge in [0.25, 0.3) is 0 Å². The fourth-order valence-corrected chi connectivity index (χ4v) is 5.04. The van der Waals surface area contributed by atoms with Gasteiger partial charge in [-0.1, -0.05) is 38.1 Å². The highest BCUT2D eigenvalue weighted by Crippen LogP contribution is 2.67. The van der Waals surface area contributed by atoms with E-state index in [-0.39, 0.29) is 11.3 Å². The fraction of sp³-hybridized carbons (Fsp3) is 0.350. The maximum absolute atomic E-state index is 12.2. The molecule has 2 aliphatic carbocycles. The number of aromatic nitrogens is 2. The second kappa shape index (κ2) is 4.12. The van der Waals surface area contributed by atoms with Crippen molar-refractivity contribution in [3.63, 3.8) is 0 Å². The van der Waals surface area contributed by atoms with Crippen molar-refractivity contribution in [2.24, 2.45) is 5.41 Å². The smallest absolute Gasteiger partial charge is 0.316 e. The summed E-state index contributed by atoms with van der Waals surface area (Å²) >= 11 is 0. The van der Waals surface area contributed by atoms with Crippen molar-refractivity contribution < 1.29 is 9.90 Å². The van der Waals surface area contributed by atoms with Crippen LogP contribution in [0, 0.1) is 5.41 Å². The second-order valence-electron chi connectivity index (χ2n) is 7.67. The summed E-state index contributed by atoms with van der Waals surface area (Å²) in [5.74, 6) is -0.588. The minimum Gasteiger partial charge on any atom is -0.481 e. The Morgan fingerprint density at radius 2 is 1.75 bits per heavy atom. The first-order valence-corrected chi connectivity index (χ1v) is 8.39. The molecular formula is C20H18N2O2. The number of aliphatic carboxylic acids is 1.